The first-order chi connectivity index (χ1) is 7.70. The summed E-state index contributed by atoms with van der Waals surface area (Å²) in [6, 6.07) is 4.50. The van der Waals surface area contributed by atoms with E-state index in [1.165, 1.54) is 12.1 Å². The molecule has 0 saturated heterocycles. The first-order valence-electron chi connectivity index (χ1n) is 5.28. The van der Waals surface area contributed by atoms with Crippen molar-refractivity contribution < 1.29 is 9.72 Å². The third kappa shape index (κ3) is 3.55. The zero-order valence-electron chi connectivity index (χ0n) is 10.4. The molecule has 0 aliphatic rings. The van der Waals surface area contributed by atoms with Crippen LogP contribution < -0.4 is 5.32 Å². The molecule has 1 N–H and O–H groups in total. The number of carbonyl (C=O) groups is 1. The Morgan fingerprint density at radius 2 is 1.94 bits per heavy atom. The molecular formula is C12H16N2O3. The van der Waals surface area contributed by atoms with Crippen LogP contribution in [0.5, 0.6) is 0 Å². The molecule has 0 aliphatic carbocycles. The Morgan fingerprint density at radius 1 is 1.35 bits per heavy atom. The Hall–Kier alpha value is -1.91. The van der Waals surface area contributed by atoms with Crippen molar-refractivity contribution in [3.63, 3.8) is 0 Å². The molecule has 0 spiro atoms. The van der Waals surface area contributed by atoms with Gasteiger partial charge in [0.2, 0.25) is 0 Å². The van der Waals surface area contributed by atoms with E-state index in [-0.39, 0.29) is 11.3 Å². The maximum Gasteiger partial charge on any atom is 0.282 e. The highest BCUT2D eigenvalue weighted by Crippen LogP contribution is 2.20. The minimum absolute atomic E-state index is 0.102. The van der Waals surface area contributed by atoms with E-state index in [0.717, 1.165) is 5.56 Å². The molecule has 0 fully saturated rings. The van der Waals surface area contributed by atoms with Crippen LogP contribution in [0.2, 0.25) is 0 Å². The highest BCUT2D eigenvalue weighted by atomic mass is 16.6. The van der Waals surface area contributed by atoms with E-state index in [9.17, 15) is 14.9 Å². The standard InChI is InChI=1S/C12H16N2O3/c1-8-5-6-10(14(16)17)9(7-8)11(15)13-12(2,3)4/h5-7H,1-4H3,(H,13,15). The number of nitrogens with zero attached hydrogens (tertiary/aromatic N) is 1. The molecule has 17 heavy (non-hydrogen) atoms. The van der Waals surface area contributed by atoms with Gasteiger partial charge in [-0.3, -0.25) is 14.9 Å². The van der Waals surface area contributed by atoms with Gasteiger partial charge in [0.05, 0.1) is 4.92 Å². The number of amides is 1. The lowest BCUT2D eigenvalue weighted by atomic mass is 10.1. The minimum atomic E-state index is -0.545. The highest BCUT2D eigenvalue weighted by molar-refractivity contribution is 5.98. The fourth-order valence-corrected chi connectivity index (χ4v) is 1.40. The van der Waals surface area contributed by atoms with Crippen LogP contribution >= 0.6 is 0 Å². The Bertz CT molecular complexity index is 461. The molecule has 92 valence electrons. The van der Waals surface area contributed by atoms with Gasteiger partial charge >= 0.3 is 0 Å². The van der Waals surface area contributed by atoms with Gasteiger partial charge in [-0.15, -0.1) is 0 Å². The summed E-state index contributed by atoms with van der Waals surface area (Å²) in [7, 11) is 0. The Balaban J connectivity index is 3.16. The summed E-state index contributed by atoms with van der Waals surface area (Å²) in [6.07, 6.45) is 0. The van der Waals surface area contributed by atoms with Gasteiger partial charge in [-0.2, -0.15) is 0 Å². The molecular weight excluding hydrogens is 220 g/mol. The van der Waals surface area contributed by atoms with Crippen LogP contribution in [0.4, 0.5) is 5.69 Å². The monoisotopic (exact) mass is 236 g/mol. The van der Waals surface area contributed by atoms with Crippen molar-refractivity contribution >= 4 is 11.6 Å². The maximum atomic E-state index is 11.9. The maximum absolute atomic E-state index is 11.9. The van der Waals surface area contributed by atoms with Gasteiger partial charge in [-0.05, 0) is 39.3 Å². The number of hydrogen-bond acceptors (Lipinski definition) is 3. The average molecular weight is 236 g/mol. The number of nitro groups is 1. The van der Waals surface area contributed by atoms with E-state index in [1.807, 2.05) is 20.8 Å². The van der Waals surface area contributed by atoms with Crippen molar-refractivity contribution in [3.8, 4) is 0 Å². The molecule has 0 atom stereocenters. The van der Waals surface area contributed by atoms with Crippen molar-refractivity contribution in [1.29, 1.82) is 0 Å². The van der Waals surface area contributed by atoms with Gasteiger partial charge in [-0.1, -0.05) is 6.07 Å². The third-order valence-corrected chi connectivity index (χ3v) is 2.08. The summed E-state index contributed by atoms with van der Waals surface area (Å²) in [5.41, 5.74) is 0.325. The van der Waals surface area contributed by atoms with E-state index < -0.39 is 16.4 Å². The molecule has 5 heteroatoms. The molecule has 5 nitrogen and oxygen atoms in total. The van der Waals surface area contributed by atoms with Crippen LogP contribution in [-0.4, -0.2) is 16.4 Å². The average Bonchev–Trinajstić information content (AvgIpc) is 2.14. The second-order valence-electron chi connectivity index (χ2n) is 4.98. The quantitative estimate of drug-likeness (QED) is 0.633. The predicted molar refractivity (Wildman–Crippen MR) is 65.1 cm³/mol. The van der Waals surface area contributed by atoms with Crippen molar-refractivity contribution in [2.75, 3.05) is 0 Å². The lowest BCUT2D eigenvalue weighted by molar-refractivity contribution is -0.385. The molecule has 1 amide bonds. The van der Waals surface area contributed by atoms with Crippen LogP contribution in [0, 0.1) is 17.0 Å². The third-order valence-electron chi connectivity index (χ3n) is 2.08. The highest BCUT2D eigenvalue weighted by Gasteiger charge is 2.23. The molecule has 0 heterocycles. The molecule has 0 unspecified atom stereocenters. The summed E-state index contributed by atoms with van der Waals surface area (Å²) < 4.78 is 0. The fraction of sp³-hybridized carbons (Fsp3) is 0.417. The zero-order chi connectivity index (χ0) is 13.2. The summed E-state index contributed by atoms with van der Waals surface area (Å²) in [6.45, 7) is 7.27. The van der Waals surface area contributed by atoms with Gasteiger partial charge in [-0.25, -0.2) is 0 Å². The number of nitrogens with one attached hydrogen (secondary N) is 1. The Labute approximate surface area is 100.0 Å². The number of hydrogen-bond donors (Lipinski definition) is 1. The Morgan fingerprint density at radius 3 is 2.41 bits per heavy atom. The van der Waals surface area contributed by atoms with Crippen LogP contribution in [0.1, 0.15) is 36.7 Å². The van der Waals surface area contributed by atoms with Crippen LogP contribution in [0.25, 0.3) is 0 Å². The van der Waals surface area contributed by atoms with Crippen LogP contribution in [0.15, 0.2) is 18.2 Å². The lowest BCUT2D eigenvalue weighted by Crippen LogP contribution is -2.40. The summed E-state index contributed by atoms with van der Waals surface area (Å²) in [5, 5.41) is 13.5. The summed E-state index contributed by atoms with van der Waals surface area (Å²) in [5.74, 6) is -0.423. The van der Waals surface area contributed by atoms with Gasteiger partial charge < -0.3 is 5.32 Å². The predicted octanol–water partition coefficient (Wildman–Crippen LogP) is 2.43. The first kappa shape index (κ1) is 13.2. The smallest absolute Gasteiger partial charge is 0.282 e. The SMILES string of the molecule is Cc1ccc([N+](=O)[O-])c(C(=O)NC(C)(C)C)c1. The largest absolute Gasteiger partial charge is 0.347 e. The molecule has 0 radical (unpaired) electrons. The number of aryl methyl sites for hydroxylation is 1. The van der Waals surface area contributed by atoms with Crippen molar-refractivity contribution in [2.45, 2.75) is 33.2 Å². The minimum Gasteiger partial charge on any atom is -0.347 e. The van der Waals surface area contributed by atoms with Gasteiger partial charge in [0.1, 0.15) is 5.56 Å². The molecule has 0 aromatic heterocycles. The van der Waals surface area contributed by atoms with E-state index in [0.29, 0.717) is 0 Å². The second kappa shape index (κ2) is 4.53. The topological polar surface area (TPSA) is 72.2 Å². The number of benzene rings is 1. The number of carbonyl (C=O) groups excluding carboxylic acids is 1. The lowest BCUT2D eigenvalue weighted by Gasteiger charge is -2.20. The first-order valence-corrected chi connectivity index (χ1v) is 5.28. The van der Waals surface area contributed by atoms with E-state index in [2.05, 4.69) is 5.32 Å². The Kier molecular flexibility index (Phi) is 3.50. The summed E-state index contributed by atoms with van der Waals surface area (Å²) in [4.78, 5) is 22.2. The normalized spacial score (nSPS) is 11.1. The molecule has 0 saturated carbocycles. The van der Waals surface area contributed by atoms with Gasteiger partial charge in [0.15, 0.2) is 0 Å². The van der Waals surface area contributed by atoms with Gasteiger partial charge in [0.25, 0.3) is 11.6 Å². The van der Waals surface area contributed by atoms with E-state index in [1.54, 1.807) is 13.0 Å². The molecule has 0 aliphatic heterocycles. The molecule has 1 rings (SSSR count). The van der Waals surface area contributed by atoms with Crippen molar-refractivity contribution in [1.82, 2.24) is 5.32 Å². The zero-order valence-corrected chi connectivity index (χ0v) is 10.4. The van der Waals surface area contributed by atoms with Gasteiger partial charge in [0, 0.05) is 11.6 Å². The number of nitro benzene ring substituents is 1. The van der Waals surface area contributed by atoms with E-state index in [4.69, 9.17) is 0 Å². The molecule has 1 aromatic carbocycles. The van der Waals surface area contributed by atoms with Crippen LogP contribution in [-0.2, 0) is 0 Å². The van der Waals surface area contributed by atoms with Crippen molar-refractivity contribution in [2.24, 2.45) is 0 Å². The molecule has 1 aromatic rings. The fourth-order valence-electron chi connectivity index (χ4n) is 1.40. The number of rotatable bonds is 2. The van der Waals surface area contributed by atoms with E-state index >= 15 is 0 Å². The second-order valence-corrected chi connectivity index (χ2v) is 4.98. The van der Waals surface area contributed by atoms with Crippen LogP contribution in [0.3, 0.4) is 0 Å². The summed E-state index contributed by atoms with van der Waals surface area (Å²) >= 11 is 0. The molecule has 0 bridgehead atoms. The van der Waals surface area contributed by atoms with Crippen molar-refractivity contribution in [3.05, 3.63) is 39.4 Å².